The van der Waals surface area contributed by atoms with Crippen molar-refractivity contribution >= 4 is 17.6 Å². The molecule has 0 atom stereocenters. The average Bonchev–Trinajstić information content (AvgIpc) is 3.00. The Morgan fingerprint density at radius 2 is 1.73 bits per heavy atom. The quantitative estimate of drug-likeness (QED) is 0.533. The van der Waals surface area contributed by atoms with Crippen molar-refractivity contribution in [3.63, 3.8) is 0 Å². The summed E-state index contributed by atoms with van der Waals surface area (Å²) in [5, 5.41) is 3.15. The van der Waals surface area contributed by atoms with Gasteiger partial charge in [0.2, 0.25) is 11.8 Å². The number of carbonyl (C=O) groups is 2. The molecule has 2 fully saturated rings. The Balaban J connectivity index is 1.14. The monoisotopic (exact) mass is 572 g/mol. The number of nitrogens with one attached hydrogen (secondary N) is 1. The SMILES string of the molecule is O=C(C1CCN(c2ccc(C(F)(F)F)cn2)CC1)N1CCC2(CCCCc3ccccc3OCCCNC2=O)CC1. The van der Waals surface area contributed by atoms with Crippen molar-refractivity contribution in [2.75, 3.05) is 44.2 Å². The Kier molecular flexibility index (Phi) is 9.04. The van der Waals surface area contributed by atoms with E-state index in [-0.39, 0.29) is 17.7 Å². The number of rotatable bonds is 2. The summed E-state index contributed by atoms with van der Waals surface area (Å²) < 4.78 is 44.6. The van der Waals surface area contributed by atoms with Crippen molar-refractivity contribution in [2.24, 2.45) is 11.3 Å². The van der Waals surface area contributed by atoms with Gasteiger partial charge in [0.15, 0.2) is 0 Å². The van der Waals surface area contributed by atoms with E-state index >= 15 is 0 Å². The Morgan fingerprint density at radius 1 is 0.976 bits per heavy atom. The molecule has 0 saturated carbocycles. The van der Waals surface area contributed by atoms with Crippen LogP contribution in [0.15, 0.2) is 42.6 Å². The fraction of sp³-hybridized carbons (Fsp3) is 0.581. The second-order valence-electron chi connectivity index (χ2n) is 11.5. The number of para-hydroxylation sites is 1. The molecule has 5 rings (SSSR count). The lowest BCUT2D eigenvalue weighted by molar-refractivity contribution is -0.144. The lowest BCUT2D eigenvalue weighted by atomic mass is 9.73. The molecule has 1 spiro atoms. The van der Waals surface area contributed by atoms with Crippen LogP contribution in [0.25, 0.3) is 0 Å². The highest BCUT2D eigenvalue weighted by Gasteiger charge is 2.42. The van der Waals surface area contributed by atoms with E-state index in [1.165, 1.54) is 11.6 Å². The van der Waals surface area contributed by atoms with E-state index in [0.717, 1.165) is 50.1 Å². The second kappa shape index (κ2) is 12.7. The minimum Gasteiger partial charge on any atom is -0.493 e. The molecule has 1 aromatic carbocycles. The van der Waals surface area contributed by atoms with E-state index < -0.39 is 17.2 Å². The van der Waals surface area contributed by atoms with Gasteiger partial charge < -0.3 is 19.9 Å². The molecule has 1 aromatic heterocycles. The highest BCUT2D eigenvalue weighted by atomic mass is 19.4. The van der Waals surface area contributed by atoms with E-state index in [1.807, 2.05) is 28.0 Å². The van der Waals surface area contributed by atoms with Crippen LogP contribution < -0.4 is 15.0 Å². The van der Waals surface area contributed by atoms with Crippen LogP contribution in [-0.4, -0.2) is 61.0 Å². The van der Waals surface area contributed by atoms with Crippen molar-refractivity contribution in [3.8, 4) is 5.75 Å². The van der Waals surface area contributed by atoms with Crippen LogP contribution in [0.5, 0.6) is 5.75 Å². The topological polar surface area (TPSA) is 74.8 Å². The van der Waals surface area contributed by atoms with Crippen LogP contribution >= 0.6 is 0 Å². The van der Waals surface area contributed by atoms with Crippen molar-refractivity contribution in [3.05, 3.63) is 53.7 Å². The van der Waals surface area contributed by atoms with Gasteiger partial charge in [-0.25, -0.2) is 4.98 Å². The Morgan fingerprint density at radius 3 is 2.44 bits per heavy atom. The van der Waals surface area contributed by atoms with Gasteiger partial charge in [-0.3, -0.25) is 9.59 Å². The number of amides is 2. The van der Waals surface area contributed by atoms with Crippen molar-refractivity contribution < 1.29 is 27.5 Å². The maximum absolute atomic E-state index is 13.4. The number of fused-ring (bicyclic) bond motifs is 1. The van der Waals surface area contributed by atoms with E-state index in [9.17, 15) is 22.8 Å². The van der Waals surface area contributed by atoms with E-state index in [0.29, 0.717) is 70.8 Å². The third-order valence-corrected chi connectivity index (χ3v) is 8.95. The summed E-state index contributed by atoms with van der Waals surface area (Å²) in [5.74, 6) is 1.53. The third kappa shape index (κ3) is 6.96. The molecule has 4 heterocycles. The van der Waals surface area contributed by atoms with Crippen LogP contribution in [0, 0.1) is 11.3 Å². The van der Waals surface area contributed by atoms with Gasteiger partial charge in [-0.15, -0.1) is 0 Å². The highest BCUT2D eigenvalue weighted by molar-refractivity contribution is 5.84. The van der Waals surface area contributed by atoms with Crippen molar-refractivity contribution in [2.45, 2.75) is 64.0 Å². The molecule has 2 saturated heterocycles. The zero-order chi connectivity index (χ0) is 28.9. The number of aryl methyl sites for hydroxylation is 1. The number of aromatic nitrogens is 1. The first-order chi connectivity index (χ1) is 19.7. The maximum atomic E-state index is 13.4. The second-order valence-corrected chi connectivity index (χ2v) is 11.5. The largest absolute Gasteiger partial charge is 0.493 e. The summed E-state index contributed by atoms with van der Waals surface area (Å²) in [7, 11) is 0. The van der Waals surface area contributed by atoms with Crippen LogP contribution in [0.2, 0.25) is 0 Å². The van der Waals surface area contributed by atoms with Gasteiger partial charge in [0.25, 0.3) is 0 Å². The molecule has 0 bridgehead atoms. The number of halogens is 3. The molecule has 2 aromatic rings. The Hall–Kier alpha value is -3.30. The minimum atomic E-state index is -4.41. The standard InChI is InChI=1S/C31H39F3N4O3/c32-31(33,34)25-9-10-27(36-22-25)37-17-11-24(12-18-37)28(39)38-19-14-30(15-20-38)13-4-3-7-23-6-1-2-8-26(23)41-21-5-16-35-29(30)40/h1-2,6,8-10,22,24H,3-5,7,11-21H2,(H,35,40). The zero-order valence-electron chi connectivity index (χ0n) is 23.4. The molecular formula is C31H39F3N4O3. The van der Waals surface area contributed by atoms with Crippen LogP contribution in [0.3, 0.4) is 0 Å². The van der Waals surface area contributed by atoms with Crippen LogP contribution in [-0.2, 0) is 22.2 Å². The number of anilines is 1. The number of benzene rings is 1. The number of piperidine rings is 2. The summed E-state index contributed by atoms with van der Waals surface area (Å²) in [5.41, 5.74) is -0.0112. The van der Waals surface area contributed by atoms with E-state index in [2.05, 4.69) is 16.4 Å². The number of likely N-dealkylation sites (tertiary alicyclic amines) is 1. The van der Waals surface area contributed by atoms with Crippen LogP contribution in [0.4, 0.5) is 19.0 Å². The number of ether oxygens (including phenoxy) is 1. The fourth-order valence-corrected chi connectivity index (χ4v) is 6.37. The first-order valence-corrected chi connectivity index (χ1v) is 14.8. The molecule has 3 aliphatic rings. The molecular weight excluding hydrogens is 533 g/mol. The molecule has 1 N–H and O–H groups in total. The summed E-state index contributed by atoms with van der Waals surface area (Å²) >= 11 is 0. The predicted octanol–water partition coefficient (Wildman–Crippen LogP) is 5.24. The third-order valence-electron chi connectivity index (χ3n) is 8.95. The Labute approximate surface area is 239 Å². The number of alkyl halides is 3. The summed E-state index contributed by atoms with van der Waals surface area (Å²) in [6.45, 7) is 3.40. The molecule has 3 aliphatic heterocycles. The number of carbonyl (C=O) groups excluding carboxylic acids is 2. The number of pyridine rings is 1. The Bertz CT molecular complexity index is 1190. The maximum Gasteiger partial charge on any atom is 0.417 e. The predicted molar refractivity (Wildman–Crippen MR) is 150 cm³/mol. The molecule has 10 heteroatoms. The van der Waals surface area contributed by atoms with Gasteiger partial charge in [0.1, 0.15) is 11.6 Å². The summed E-state index contributed by atoms with van der Waals surface area (Å²) in [6.07, 6.45) is 3.41. The van der Waals surface area contributed by atoms with Gasteiger partial charge >= 0.3 is 6.18 Å². The van der Waals surface area contributed by atoms with Gasteiger partial charge in [-0.2, -0.15) is 13.2 Å². The molecule has 0 unspecified atom stereocenters. The van der Waals surface area contributed by atoms with Gasteiger partial charge in [0, 0.05) is 44.8 Å². The van der Waals surface area contributed by atoms with Crippen LogP contribution in [0.1, 0.15) is 62.5 Å². The number of hydrogen-bond donors (Lipinski definition) is 1. The van der Waals surface area contributed by atoms with Crippen molar-refractivity contribution in [1.29, 1.82) is 0 Å². The molecule has 7 nitrogen and oxygen atoms in total. The fourth-order valence-electron chi connectivity index (χ4n) is 6.37. The number of nitrogens with zero attached hydrogens (tertiary/aromatic N) is 3. The van der Waals surface area contributed by atoms with Gasteiger partial charge in [-0.05, 0) is 75.1 Å². The summed E-state index contributed by atoms with van der Waals surface area (Å²) in [6, 6.07) is 10.6. The first-order valence-electron chi connectivity index (χ1n) is 14.8. The summed E-state index contributed by atoms with van der Waals surface area (Å²) in [4.78, 5) is 34.7. The minimum absolute atomic E-state index is 0.0960. The molecule has 0 aliphatic carbocycles. The lowest BCUT2D eigenvalue weighted by Crippen LogP contribution is -2.52. The molecule has 0 radical (unpaired) electrons. The smallest absolute Gasteiger partial charge is 0.417 e. The normalized spacial score (nSPS) is 21.1. The van der Waals surface area contributed by atoms with E-state index in [1.54, 1.807) is 0 Å². The van der Waals surface area contributed by atoms with Gasteiger partial charge in [-0.1, -0.05) is 24.6 Å². The van der Waals surface area contributed by atoms with E-state index in [4.69, 9.17) is 4.74 Å². The average molecular weight is 573 g/mol. The molecule has 222 valence electrons. The zero-order valence-corrected chi connectivity index (χ0v) is 23.4. The first kappa shape index (κ1) is 29.2. The number of hydrogen-bond acceptors (Lipinski definition) is 5. The highest BCUT2D eigenvalue weighted by Crippen LogP contribution is 2.39. The lowest BCUT2D eigenvalue weighted by Gasteiger charge is -2.42. The van der Waals surface area contributed by atoms with Crippen molar-refractivity contribution in [1.82, 2.24) is 15.2 Å². The molecule has 2 amide bonds. The van der Waals surface area contributed by atoms with Gasteiger partial charge in [0.05, 0.1) is 17.6 Å². The molecule has 41 heavy (non-hydrogen) atoms.